The normalized spacial score (nSPS) is 18.7. The molecule has 1 rings (SSSR count). The standard InChI is InChI=1S/C11H22N2OS2/c1-3-4-5-6-7-13(12)10(14)11(2)8-15-16-9-11/h3-9,12H2,1-2H3. The average Bonchev–Trinajstić information content (AvgIpc) is 2.71. The van der Waals surface area contributed by atoms with Crippen LogP contribution in [0.2, 0.25) is 0 Å². The molecule has 1 saturated heterocycles. The first-order valence-electron chi connectivity index (χ1n) is 5.91. The van der Waals surface area contributed by atoms with Crippen molar-refractivity contribution in [3.8, 4) is 0 Å². The van der Waals surface area contributed by atoms with Crippen LogP contribution in [0.1, 0.15) is 39.5 Å². The second-order valence-electron chi connectivity index (χ2n) is 4.64. The van der Waals surface area contributed by atoms with Crippen LogP contribution in [-0.2, 0) is 4.79 Å². The van der Waals surface area contributed by atoms with Crippen LogP contribution in [0.5, 0.6) is 0 Å². The van der Waals surface area contributed by atoms with Crippen molar-refractivity contribution in [2.24, 2.45) is 11.3 Å². The molecular weight excluding hydrogens is 240 g/mol. The molecule has 1 fully saturated rings. The first-order valence-corrected chi connectivity index (χ1v) is 8.40. The summed E-state index contributed by atoms with van der Waals surface area (Å²) in [5.74, 6) is 7.72. The van der Waals surface area contributed by atoms with E-state index in [0.717, 1.165) is 24.3 Å². The third-order valence-corrected chi connectivity index (χ3v) is 5.75. The summed E-state index contributed by atoms with van der Waals surface area (Å²) >= 11 is 0. The van der Waals surface area contributed by atoms with E-state index in [1.165, 1.54) is 17.9 Å². The summed E-state index contributed by atoms with van der Waals surface area (Å²) in [6, 6.07) is 0. The molecule has 1 aliphatic heterocycles. The van der Waals surface area contributed by atoms with Crippen molar-refractivity contribution in [1.82, 2.24) is 5.01 Å². The zero-order valence-corrected chi connectivity index (χ0v) is 11.8. The Morgan fingerprint density at radius 1 is 1.31 bits per heavy atom. The molecule has 0 aromatic carbocycles. The zero-order valence-electron chi connectivity index (χ0n) is 10.2. The van der Waals surface area contributed by atoms with Gasteiger partial charge in [-0.3, -0.25) is 9.80 Å². The molecule has 3 nitrogen and oxygen atoms in total. The van der Waals surface area contributed by atoms with Gasteiger partial charge in [-0.2, -0.15) is 0 Å². The molecule has 0 aliphatic carbocycles. The number of nitrogens with two attached hydrogens (primary N) is 1. The van der Waals surface area contributed by atoms with Gasteiger partial charge in [-0.1, -0.05) is 47.8 Å². The Morgan fingerprint density at radius 2 is 1.94 bits per heavy atom. The summed E-state index contributed by atoms with van der Waals surface area (Å²) in [7, 11) is 3.54. The van der Waals surface area contributed by atoms with Gasteiger partial charge in [-0.15, -0.1) is 0 Å². The molecule has 0 spiro atoms. The lowest BCUT2D eigenvalue weighted by molar-refractivity contribution is -0.139. The Hall–Kier alpha value is 0.130. The number of nitrogens with zero attached hydrogens (tertiary/aromatic N) is 1. The lowest BCUT2D eigenvalue weighted by atomic mass is 9.94. The third-order valence-electron chi connectivity index (χ3n) is 2.87. The summed E-state index contributed by atoms with van der Waals surface area (Å²) in [6.07, 6.45) is 4.62. The maximum Gasteiger partial charge on any atom is 0.244 e. The number of hydrogen-bond donors (Lipinski definition) is 1. The minimum atomic E-state index is -0.241. The van der Waals surface area contributed by atoms with Crippen LogP contribution in [0.3, 0.4) is 0 Å². The molecule has 16 heavy (non-hydrogen) atoms. The van der Waals surface area contributed by atoms with Crippen molar-refractivity contribution >= 4 is 27.5 Å². The minimum Gasteiger partial charge on any atom is -0.280 e. The van der Waals surface area contributed by atoms with Crippen LogP contribution in [0.15, 0.2) is 0 Å². The number of carbonyl (C=O) groups is 1. The second-order valence-corrected chi connectivity index (χ2v) is 7.11. The van der Waals surface area contributed by atoms with Gasteiger partial charge in [0.2, 0.25) is 5.91 Å². The third kappa shape index (κ3) is 3.86. The first kappa shape index (κ1) is 14.2. The Morgan fingerprint density at radius 3 is 2.50 bits per heavy atom. The molecule has 0 saturated carbocycles. The lowest BCUT2D eigenvalue weighted by Gasteiger charge is -2.27. The molecule has 0 aromatic rings. The Labute approximate surface area is 106 Å². The molecular formula is C11H22N2OS2. The summed E-state index contributed by atoms with van der Waals surface area (Å²) in [6.45, 7) is 4.90. The van der Waals surface area contributed by atoms with E-state index in [9.17, 15) is 4.79 Å². The van der Waals surface area contributed by atoms with Crippen LogP contribution in [-0.4, -0.2) is 29.0 Å². The number of unbranched alkanes of at least 4 members (excludes halogenated alkanes) is 3. The Balaban J connectivity index is 2.30. The maximum atomic E-state index is 12.1. The summed E-state index contributed by atoms with van der Waals surface area (Å²) < 4.78 is 0. The molecule has 1 amide bonds. The van der Waals surface area contributed by atoms with E-state index in [1.54, 1.807) is 21.6 Å². The summed E-state index contributed by atoms with van der Waals surface area (Å²) in [4.78, 5) is 12.1. The smallest absolute Gasteiger partial charge is 0.244 e. The second kappa shape index (κ2) is 6.77. The van der Waals surface area contributed by atoms with Gasteiger partial charge in [0.1, 0.15) is 0 Å². The molecule has 0 radical (unpaired) electrons. The molecule has 94 valence electrons. The molecule has 0 unspecified atom stereocenters. The van der Waals surface area contributed by atoms with Crippen LogP contribution >= 0.6 is 21.6 Å². The van der Waals surface area contributed by atoms with Crippen molar-refractivity contribution in [1.29, 1.82) is 0 Å². The highest BCUT2D eigenvalue weighted by atomic mass is 33.1. The average molecular weight is 262 g/mol. The van der Waals surface area contributed by atoms with E-state index in [4.69, 9.17) is 5.84 Å². The van der Waals surface area contributed by atoms with Crippen LogP contribution in [0.25, 0.3) is 0 Å². The molecule has 0 aromatic heterocycles. The van der Waals surface area contributed by atoms with Gasteiger partial charge in [0.25, 0.3) is 0 Å². The fraction of sp³-hybridized carbons (Fsp3) is 0.909. The first-order chi connectivity index (χ1) is 7.60. The number of amides is 1. The highest BCUT2D eigenvalue weighted by Crippen LogP contribution is 2.43. The fourth-order valence-corrected chi connectivity index (χ4v) is 4.99. The van der Waals surface area contributed by atoms with Crippen molar-refractivity contribution in [2.45, 2.75) is 39.5 Å². The highest BCUT2D eigenvalue weighted by molar-refractivity contribution is 8.77. The van der Waals surface area contributed by atoms with Gasteiger partial charge < -0.3 is 0 Å². The van der Waals surface area contributed by atoms with Crippen LogP contribution in [0.4, 0.5) is 0 Å². The molecule has 2 N–H and O–H groups in total. The number of hydrazine groups is 1. The summed E-state index contributed by atoms with van der Waals surface area (Å²) in [5.41, 5.74) is -0.241. The molecule has 0 bridgehead atoms. The number of hydrogen-bond acceptors (Lipinski definition) is 4. The highest BCUT2D eigenvalue weighted by Gasteiger charge is 2.39. The zero-order chi connectivity index (χ0) is 12.0. The molecule has 5 heteroatoms. The lowest BCUT2D eigenvalue weighted by Crippen LogP contribution is -2.48. The van der Waals surface area contributed by atoms with E-state index in [0.29, 0.717) is 6.54 Å². The van der Waals surface area contributed by atoms with E-state index < -0.39 is 0 Å². The van der Waals surface area contributed by atoms with E-state index in [1.807, 2.05) is 6.92 Å². The predicted octanol–water partition coefficient (Wildman–Crippen LogP) is 2.67. The Bertz CT molecular complexity index is 230. The van der Waals surface area contributed by atoms with E-state index >= 15 is 0 Å². The van der Waals surface area contributed by atoms with Crippen LogP contribution < -0.4 is 5.84 Å². The van der Waals surface area contributed by atoms with Crippen molar-refractivity contribution < 1.29 is 4.79 Å². The Kier molecular flexibility index (Phi) is 6.00. The number of rotatable bonds is 6. The fourth-order valence-electron chi connectivity index (χ4n) is 1.67. The van der Waals surface area contributed by atoms with Crippen molar-refractivity contribution in [2.75, 3.05) is 18.1 Å². The monoisotopic (exact) mass is 262 g/mol. The van der Waals surface area contributed by atoms with E-state index in [2.05, 4.69) is 6.92 Å². The number of carbonyl (C=O) groups excluding carboxylic acids is 1. The minimum absolute atomic E-state index is 0.112. The van der Waals surface area contributed by atoms with Gasteiger partial charge in [-0.25, -0.2) is 5.84 Å². The van der Waals surface area contributed by atoms with Crippen molar-refractivity contribution in [3.63, 3.8) is 0 Å². The van der Waals surface area contributed by atoms with Gasteiger partial charge in [0.05, 0.1) is 5.41 Å². The van der Waals surface area contributed by atoms with Gasteiger partial charge >= 0.3 is 0 Å². The largest absolute Gasteiger partial charge is 0.280 e. The quantitative estimate of drug-likeness (QED) is 0.263. The van der Waals surface area contributed by atoms with Gasteiger partial charge in [0, 0.05) is 18.1 Å². The van der Waals surface area contributed by atoms with Crippen LogP contribution in [0, 0.1) is 5.41 Å². The maximum absolute atomic E-state index is 12.1. The van der Waals surface area contributed by atoms with Gasteiger partial charge in [0.15, 0.2) is 0 Å². The topological polar surface area (TPSA) is 46.3 Å². The van der Waals surface area contributed by atoms with Crippen molar-refractivity contribution in [3.05, 3.63) is 0 Å². The predicted molar refractivity (Wildman–Crippen MR) is 73.1 cm³/mol. The van der Waals surface area contributed by atoms with E-state index in [-0.39, 0.29) is 11.3 Å². The molecule has 1 aliphatic rings. The van der Waals surface area contributed by atoms with Gasteiger partial charge in [-0.05, 0) is 13.3 Å². The molecule has 1 heterocycles. The summed E-state index contributed by atoms with van der Waals surface area (Å²) in [5, 5.41) is 1.43. The SMILES string of the molecule is CCCCCCN(N)C(=O)C1(C)CSSC1. The molecule has 0 atom stereocenters.